The largest absolute Gasteiger partial charge is 0.340 e. The second kappa shape index (κ2) is 6.74. The monoisotopic (exact) mass is 385 g/mol. The first-order chi connectivity index (χ1) is 14.9. The molecule has 0 fully saturated rings. The normalized spacial score (nSPS) is 13.4. The van der Waals surface area contributed by atoms with Gasteiger partial charge in [-0.15, -0.1) is 0 Å². The van der Waals surface area contributed by atoms with Crippen LogP contribution in [-0.2, 0) is 0 Å². The third-order valence-corrected chi connectivity index (χ3v) is 6.47. The number of rotatable bonds is 2. The van der Waals surface area contributed by atoms with Crippen molar-refractivity contribution in [1.29, 1.82) is 0 Å². The lowest BCUT2D eigenvalue weighted by Crippen LogP contribution is -2.26. The minimum Gasteiger partial charge on any atom is -0.340 e. The lowest BCUT2D eigenvalue weighted by atomic mass is 9.78. The molecule has 1 aliphatic heterocycles. The molecule has 0 amide bonds. The number of anilines is 2. The highest BCUT2D eigenvalue weighted by molar-refractivity contribution is 6.06. The second-order valence-electron chi connectivity index (χ2n) is 8.04. The molecule has 1 heterocycles. The van der Waals surface area contributed by atoms with E-state index in [0.29, 0.717) is 0 Å². The summed E-state index contributed by atoms with van der Waals surface area (Å²) in [5.74, 6) is 0.230. The molecule has 0 saturated heterocycles. The first kappa shape index (κ1) is 17.3. The van der Waals surface area contributed by atoms with Gasteiger partial charge in [-0.1, -0.05) is 103 Å². The Labute approximate surface area is 177 Å². The van der Waals surface area contributed by atoms with Crippen LogP contribution in [0.4, 0.5) is 11.4 Å². The third-order valence-electron chi connectivity index (χ3n) is 6.47. The molecule has 0 bridgehead atoms. The van der Waals surface area contributed by atoms with Crippen LogP contribution in [0.5, 0.6) is 0 Å². The molecule has 5 aromatic rings. The van der Waals surface area contributed by atoms with Crippen LogP contribution in [0.1, 0.15) is 29.5 Å². The van der Waals surface area contributed by atoms with Gasteiger partial charge in [-0.05, 0) is 34.4 Å². The van der Waals surface area contributed by atoms with E-state index < -0.39 is 0 Å². The van der Waals surface area contributed by atoms with Crippen LogP contribution in [-0.4, -0.2) is 6.54 Å². The van der Waals surface area contributed by atoms with Crippen molar-refractivity contribution in [1.82, 2.24) is 0 Å². The van der Waals surface area contributed by atoms with Crippen molar-refractivity contribution in [2.24, 2.45) is 0 Å². The van der Waals surface area contributed by atoms with Crippen molar-refractivity contribution in [3.63, 3.8) is 0 Å². The van der Waals surface area contributed by atoms with E-state index in [9.17, 15) is 0 Å². The molecule has 0 spiro atoms. The van der Waals surface area contributed by atoms with E-state index in [2.05, 4.69) is 115 Å². The molecule has 0 saturated carbocycles. The minimum absolute atomic E-state index is 0.230. The van der Waals surface area contributed by atoms with Crippen molar-refractivity contribution in [3.05, 3.63) is 120 Å². The summed E-state index contributed by atoms with van der Waals surface area (Å²) in [6, 6.07) is 37.8. The highest BCUT2D eigenvalue weighted by Gasteiger charge is 2.33. The molecule has 144 valence electrons. The molecule has 30 heavy (non-hydrogen) atoms. The van der Waals surface area contributed by atoms with E-state index in [4.69, 9.17) is 0 Å². The summed E-state index contributed by atoms with van der Waals surface area (Å²) in [7, 11) is 0. The Bertz CT molecular complexity index is 1300. The summed E-state index contributed by atoms with van der Waals surface area (Å²) < 4.78 is 0. The highest BCUT2D eigenvalue weighted by Crippen LogP contribution is 2.52. The van der Waals surface area contributed by atoms with Gasteiger partial charge in [0.25, 0.3) is 0 Å². The van der Waals surface area contributed by atoms with Crippen LogP contribution in [0.2, 0.25) is 0 Å². The number of benzene rings is 5. The van der Waals surface area contributed by atoms with Crippen LogP contribution < -0.4 is 4.90 Å². The maximum Gasteiger partial charge on any atom is 0.0532 e. The average molecular weight is 386 g/mol. The molecule has 0 radical (unpaired) electrons. The first-order valence-electron chi connectivity index (χ1n) is 10.7. The number of fused-ring (bicyclic) bond motifs is 6. The molecule has 0 unspecified atom stereocenters. The summed E-state index contributed by atoms with van der Waals surface area (Å²) in [4.78, 5) is 2.54. The Balaban J connectivity index is 1.77. The number of hydrogen-bond donors (Lipinski definition) is 0. The van der Waals surface area contributed by atoms with Gasteiger partial charge in [-0.2, -0.15) is 0 Å². The van der Waals surface area contributed by atoms with Crippen molar-refractivity contribution in [3.8, 4) is 0 Å². The van der Waals surface area contributed by atoms with Crippen molar-refractivity contribution in [2.45, 2.75) is 12.8 Å². The Kier molecular flexibility index (Phi) is 3.89. The smallest absolute Gasteiger partial charge is 0.0532 e. The van der Waals surface area contributed by atoms with Gasteiger partial charge in [-0.3, -0.25) is 0 Å². The third kappa shape index (κ3) is 2.42. The number of nitrogens with zero attached hydrogens (tertiary/aromatic N) is 1. The fraction of sp³-hybridized carbons (Fsp3) is 0.103. The van der Waals surface area contributed by atoms with Crippen LogP contribution in [0.15, 0.2) is 103 Å². The van der Waals surface area contributed by atoms with E-state index in [0.717, 1.165) is 6.54 Å². The molecule has 0 aromatic heterocycles. The van der Waals surface area contributed by atoms with Gasteiger partial charge in [0.1, 0.15) is 0 Å². The Morgan fingerprint density at radius 1 is 0.567 bits per heavy atom. The maximum absolute atomic E-state index is 2.54. The molecule has 1 heteroatoms. The molecule has 1 aliphatic rings. The van der Waals surface area contributed by atoms with Gasteiger partial charge < -0.3 is 4.90 Å². The van der Waals surface area contributed by atoms with Crippen LogP contribution in [0.3, 0.4) is 0 Å². The van der Waals surface area contributed by atoms with Crippen LogP contribution in [0.25, 0.3) is 21.5 Å². The number of hydrogen-bond acceptors (Lipinski definition) is 1. The molecule has 5 aromatic carbocycles. The van der Waals surface area contributed by atoms with E-state index in [1.165, 1.54) is 49.6 Å². The molecular weight excluding hydrogens is 362 g/mol. The molecule has 6 rings (SSSR count). The SMILES string of the molecule is CCN1c2c(ccc3ccccc23)C(c2ccccc2)c2ccc3ccccc3c21. The Hall–Kier alpha value is -3.58. The lowest BCUT2D eigenvalue weighted by molar-refractivity contribution is 0.900. The van der Waals surface area contributed by atoms with Crippen molar-refractivity contribution >= 4 is 32.9 Å². The summed E-state index contributed by atoms with van der Waals surface area (Å²) in [5.41, 5.74) is 6.84. The van der Waals surface area contributed by atoms with Gasteiger partial charge in [0.15, 0.2) is 0 Å². The molecule has 0 N–H and O–H groups in total. The molecular formula is C29H23N. The second-order valence-corrected chi connectivity index (χ2v) is 8.04. The average Bonchev–Trinajstić information content (AvgIpc) is 2.82. The predicted octanol–water partition coefficient (Wildman–Crippen LogP) is 7.64. The maximum atomic E-state index is 2.54. The standard InChI is InChI=1S/C29H23N/c1-2-30-28-23-14-8-6-10-20(23)16-18-25(28)27(22-12-4-3-5-13-22)26-19-17-21-11-7-9-15-24(21)29(26)30/h3-19,27H,2H2,1H3. The zero-order valence-corrected chi connectivity index (χ0v) is 17.0. The van der Waals surface area contributed by atoms with E-state index >= 15 is 0 Å². The zero-order valence-electron chi connectivity index (χ0n) is 17.0. The zero-order chi connectivity index (χ0) is 20.1. The van der Waals surface area contributed by atoms with Gasteiger partial charge in [0, 0.05) is 23.2 Å². The van der Waals surface area contributed by atoms with Gasteiger partial charge in [0.05, 0.1) is 11.4 Å². The van der Waals surface area contributed by atoms with Gasteiger partial charge in [0.2, 0.25) is 0 Å². The van der Waals surface area contributed by atoms with E-state index in [-0.39, 0.29) is 5.92 Å². The Morgan fingerprint density at radius 3 is 1.60 bits per heavy atom. The molecule has 0 aliphatic carbocycles. The Morgan fingerprint density at radius 2 is 1.07 bits per heavy atom. The summed E-state index contributed by atoms with van der Waals surface area (Å²) >= 11 is 0. The highest BCUT2D eigenvalue weighted by atomic mass is 15.1. The van der Waals surface area contributed by atoms with Crippen LogP contribution in [0, 0.1) is 0 Å². The van der Waals surface area contributed by atoms with Gasteiger partial charge >= 0.3 is 0 Å². The summed E-state index contributed by atoms with van der Waals surface area (Å²) in [5, 5.41) is 5.25. The van der Waals surface area contributed by atoms with Crippen molar-refractivity contribution in [2.75, 3.05) is 11.4 Å². The fourth-order valence-electron chi connectivity index (χ4n) is 5.21. The van der Waals surface area contributed by atoms with E-state index in [1.54, 1.807) is 0 Å². The fourth-order valence-corrected chi connectivity index (χ4v) is 5.21. The molecule has 1 nitrogen and oxygen atoms in total. The summed E-state index contributed by atoms with van der Waals surface area (Å²) in [6.45, 7) is 3.20. The summed E-state index contributed by atoms with van der Waals surface area (Å²) in [6.07, 6.45) is 0. The lowest BCUT2D eigenvalue weighted by Gasteiger charge is -2.39. The van der Waals surface area contributed by atoms with Gasteiger partial charge in [-0.25, -0.2) is 0 Å². The quantitative estimate of drug-likeness (QED) is 0.302. The van der Waals surface area contributed by atoms with E-state index in [1.807, 2.05) is 0 Å². The van der Waals surface area contributed by atoms with Crippen LogP contribution >= 0.6 is 0 Å². The van der Waals surface area contributed by atoms with Crippen molar-refractivity contribution < 1.29 is 0 Å². The topological polar surface area (TPSA) is 3.24 Å². The molecule has 0 atom stereocenters. The first-order valence-corrected chi connectivity index (χ1v) is 10.7. The predicted molar refractivity (Wildman–Crippen MR) is 128 cm³/mol. The minimum atomic E-state index is 0.230.